The van der Waals surface area contributed by atoms with Gasteiger partial charge in [0.05, 0.1) is 11.4 Å². The molecule has 0 aliphatic carbocycles. The molecule has 53 valence electrons. The van der Waals surface area contributed by atoms with Gasteiger partial charge < -0.3 is 4.57 Å². The molecular formula is C7H9N2O. The molecule has 1 aromatic heterocycles. The van der Waals surface area contributed by atoms with Crippen molar-refractivity contribution in [1.29, 1.82) is 0 Å². The van der Waals surface area contributed by atoms with Gasteiger partial charge in [-0.1, -0.05) is 0 Å². The summed E-state index contributed by atoms with van der Waals surface area (Å²) in [6, 6.07) is 1.56. The number of hydrogen-bond donors (Lipinski definition) is 0. The molecule has 0 aliphatic heterocycles. The van der Waals surface area contributed by atoms with Crippen molar-refractivity contribution < 1.29 is 4.79 Å². The van der Waals surface area contributed by atoms with Gasteiger partial charge in [-0.05, 0) is 6.07 Å². The van der Waals surface area contributed by atoms with E-state index >= 15 is 0 Å². The summed E-state index contributed by atoms with van der Waals surface area (Å²) in [5, 5.41) is 0. The summed E-state index contributed by atoms with van der Waals surface area (Å²) in [6.07, 6.45) is 1.61. The number of Topliss-reactive ketones (excluding diaryl/α,β-unsaturated/α-hetero) is 1. The predicted octanol–water partition coefficient (Wildman–Crippen LogP) is 1.14. The van der Waals surface area contributed by atoms with E-state index in [4.69, 9.17) is 5.73 Å². The SMILES string of the molecule is CC(=O)c1cc([NH])cn1C. The molecule has 1 heterocycles. The molecule has 0 atom stereocenters. The first-order chi connectivity index (χ1) is 4.61. The smallest absolute Gasteiger partial charge is 0.176 e. The third-order valence-electron chi connectivity index (χ3n) is 1.37. The Morgan fingerprint density at radius 3 is 2.50 bits per heavy atom. The number of aromatic nitrogens is 1. The van der Waals surface area contributed by atoms with Crippen LogP contribution in [0.15, 0.2) is 12.3 Å². The lowest BCUT2D eigenvalue weighted by Crippen LogP contribution is -1.99. The van der Waals surface area contributed by atoms with Crippen LogP contribution in [0.4, 0.5) is 5.69 Å². The van der Waals surface area contributed by atoms with Crippen LogP contribution >= 0.6 is 0 Å². The number of nitrogens with one attached hydrogen (secondary N) is 1. The topological polar surface area (TPSA) is 45.8 Å². The fraction of sp³-hybridized carbons (Fsp3) is 0.286. The average molecular weight is 137 g/mol. The van der Waals surface area contributed by atoms with Gasteiger partial charge >= 0.3 is 0 Å². The molecule has 0 aromatic carbocycles. The maximum absolute atomic E-state index is 10.8. The molecule has 0 amide bonds. The van der Waals surface area contributed by atoms with Crippen molar-refractivity contribution in [2.45, 2.75) is 6.92 Å². The highest BCUT2D eigenvalue weighted by atomic mass is 16.1. The van der Waals surface area contributed by atoms with Crippen LogP contribution in [0.1, 0.15) is 17.4 Å². The molecule has 0 fully saturated rings. The third-order valence-corrected chi connectivity index (χ3v) is 1.37. The van der Waals surface area contributed by atoms with Gasteiger partial charge in [-0.15, -0.1) is 0 Å². The van der Waals surface area contributed by atoms with Crippen molar-refractivity contribution >= 4 is 11.5 Å². The Morgan fingerprint density at radius 1 is 1.70 bits per heavy atom. The summed E-state index contributed by atoms with van der Waals surface area (Å²) >= 11 is 0. The summed E-state index contributed by atoms with van der Waals surface area (Å²) in [6.45, 7) is 1.49. The molecule has 3 heteroatoms. The summed E-state index contributed by atoms with van der Waals surface area (Å²) in [5.74, 6) is 0.000926. The zero-order chi connectivity index (χ0) is 7.72. The van der Waals surface area contributed by atoms with Crippen molar-refractivity contribution in [2.24, 2.45) is 7.05 Å². The molecule has 3 nitrogen and oxygen atoms in total. The van der Waals surface area contributed by atoms with Crippen LogP contribution in [0.3, 0.4) is 0 Å². The van der Waals surface area contributed by atoms with Crippen LogP contribution in [0.2, 0.25) is 0 Å². The number of rotatable bonds is 1. The summed E-state index contributed by atoms with van der Waals surface area (Å²) < 4.78 is 1.66. The fourth-order valence-corrected chi connectivity index (χ4v) is 0.915. The van der Waals surface area contributed by atoms with Crippen molar-refractivity contribution in [1.82, 2.24) is 10.3 Å². The van der Waals surface area contributed by atoms with Crippen LogP contribution in [0.5, 0.6) is 0 Å². The molecule has 0 aliphatic rings. The first-order valence-electron chi connectivity index (χ1n) is 3.00. The minimum absolute atomic E-state index is 0.000926. The van der Waals surface area contributed by atoms with E-state index in [1.54, 1.807) is 23.9 Å². The molecular weight excluding hydrogens is 128 g/mol. The Hall–Kier alpha value is -1.25. The van der Waals surface area contributed by atoms with Crippen LogP contribution in [-0.4, -0.2) is 10.4 Å². The molecule has 1 aromatic rings. The van der Waals surface area contributed by atoms with Crippen molar-refractivity contribution in [3.05, 3.63) is 18.0 Å². The largest absolute Gasteiger partial charge is 0.346 e. The van der Waals surface area contributed by atoms with Crippen molar-refractivity contribution in [2.75, 3.05) is 0 Å². The van der Waals surface area contributed by atoms with Crippen LogP contribution in [0, 0.1) is 0 Å². The summed E-state index contributed by atoms with van der Waals surface area (Å²) in [7, 11) is 1.76. The van der Waals surface area contributed by atoms with Gasteiger partial charge in [-0.2, -0.15) is 0 Å². The first kappa shape index (κ1) is 6.86. The average Bonchev–Trinajstić information content (AvgIpc) is 2.10. The molecule has 1 N–H and O–H groups in total. The Labute approximate surface area is 59.4 Å². The maximum Gasteiger partial charge on any atom is 0.176 e. The van der Waals surface area contributed by atoms with E-state index in [2.05, 4.69) is 0 Å². The number of carbonyl (C=O) groups excluding carboxylic acids is 1. The Bertz CT molecular complexity index is 263. The monoisotopic (exact) mass is 137 g/mol. The standard InChI is InChI=1S/C7H9N2O/c1-5(10)7-3-6(8)4-9(7)2/h3-4,8H,1-2H3. The quantitative estimate of drug-likeness (QED) is 0.535. The van der Waals surface area contributed by atoms with E-state index in [1.165, 1.54) is 6.92 Å². The number of aryl methyl sites for hydroxylation is 1. The second-order valence-electron chi connectivity index (χ2n) is 2.28. The van der Waals surface area contributed by atoms with E-state index in [1.807, 2.05) is 0 Å². The number of nitrogens with zero attached hydrogens (tertiary/aromatic N) is 1. The second kappa shape index (κ2) is 2.17. The van der Waals surface area contributed by atoms with Crippen LogP contribution < -0.4 is 5.73 Å². The minimum Gasteiger partial charge on any atom is -0.346 e. The highest BCUT2D eigenvalue weighted by molar-refractivity contribution is 5.93. The van der Waals surface area contributed by atoms with E-state index in [0.717, 1.165) is 0 Å². The van der Waals surface area contributed by atoms with E-state index < -0.39 is 0 Å². The predicted molar refractivity (Wildman–Crippen MR) is 38.2 cm³/mol. The molecule has 0 spiro atoms. The summed E-state index contributed by atoms with van der Waals surface area (Å²) in [5.41, 5.74) is 8.15. The highest BCUT2D eigenvalue weighted by Crippen LogP contribution is 2.09. The fourth-order valence-electron chi connectivity index (χ4n) is 0.915. The van der Waals surface area contributed by atoms with Gasteiger partial charge in [0.25, 0.3) is 0 Å². The van der Waals surface area contributed by atoms with Crippen molar-refractivity contribution in [3.8, 4) is 0 Å². The normalized spacial score (nSPS) is 9.80. The van der Waals surface area contributed by atoms with E-state index in [0.29, 0.717) is 11.4 Å². The zero-order valence-corrected chi connectivity index (χ0v) is 6.01. The molecule has 0 saturated carbocycles. The Kier molecular flexibility index (Phi) is 1.49. The maximum atomic E-state index is 10.8. The molecule has 0 saturated heterocycles. The molecule has 1 rings (SSSR count). The van der Waals surface area contributed by atoms with E-state index in [9.17, 15) is 4.79 Å². The lowest BCUT2D eigenvalue weighted by atomic mass is 10.3. The zero-order valence-electron chi connectivity index (χ0n) is 6.01. The lowest BCUT2D eigenvalue weighted by Gasteiger charge is -1.94. The van der Waals surface area contributed by atoms with Gasteiger partial charge in [-0.25, -0.2) is 0 Å². The number of hydrogen-bond acceptors (Lipinski definition) is 1. The van der Waals surface area contributed by atoms with Crippen LogP contribution in [0.25, 0.3) is 0 Å². The van der Waals surface area contributed by atoms with Gasteiger partial charge in [0.1, 0.15) is 0 Å². The van der Waals surface area contributed by atoms with Gasteiger partial charge in [0, 0.05) is 20.2 Å². The first-order valence-corrected chi connectivity index (χ1v) is 3.00. The Balaban J connectivity index is 3.15. The molecule has 0 bridgehead atoms. The molecule has 0 unspecified atom stereocenters. The third kappa shape index (κ3) is 1.03. The molecule has 1 radical (unpaired) electrons. The second-order valence-corrected chi connectivity index (χ2v) is 2.28. The molecule has 10 heavy (non-hydrogen) atoms. The number of carbonyl (C=O) groups is 1. The van der Waals surface area contributed by atoms with E-state index in [-0.39, 0.29) is 5.78 Å². The Morgan fingerprint density at radius 2 is 2.30 bits per heavy atom. The van der Waals surface area contributed by atoms with Crippen LogP contribution in [-0.2, 0) is 7.05 Å². The number of ketones is 1. The van der Waals surface area contributed by atoms with Crippen molar-refractivity contribution in [3.63, 3.8) is 0 Å². The van der Waals surface area contributed by atoms with Gasteiger partial charge in [-0.3, -0.25) is 10.5 Å². The van der Waals surface area contributed by atoms with Gasteiger partial charge in [0.2, 0.25) is 0 Å². The minimum atomic E-state index is 0.000926. The van der Waals surface area contributed by atoms with Gasteiger partial charge in [0.15, 0.2) is 5.78 Å². The summed E-state index contributed by atoms with van der Waals surface area (Å²) in [4.78, 5) is 10.8. The highest BCUT2D eigenvalue weighted by Gasteiger charge is 2.04. The lowest BCUT2D eigenvalue weighted by molar-refractivity contribution is 0.101.